The summed E-state index contributed by atoms with van der Waals surface area (Å²) in [5, 5.41) is 5.53. The first kappa shape index (κ1) is 21.5. The molecule has 2 amide bonds. The number of ether oxygens (including phenoxy) is 1. The lowest BCUT2D eigenvalue weighted by atomic mass is 10.1. The average Bonchev–Trinajstić information content (AvgIpc) is 3.20. The molecule has 0 atom stereocenters. The molecule has 0 aliphatic carbocycles. The first-order chi connectivity index (χ1) is 14.8. The van der Waals surface area contributed by atoms with Crippen molar-refractivity contribution in [1.82, 2.24) is 14.5 Å². The monoisotopic (exact) mass is 444 g/mol. The molecule has 8 nitrogen and oxygen atoms in total. The Bertz CT molecular complexity index is 1020. The SMILES string of the molecule is CC(C)S(=O)(=O)N1CCC(Oc2ccc(NC(=O)N3C=C4C=CNC=C4C3)cc2)CC1. The van der Waals surface area contributed by atoms with Gasteiger partial charge in [0.15, 0.2) is 0 Å². The zero-order valence-electron chi connectivity index (χ0n) is 17.7. The van der Waals surface area contributed by atoms with Gasteiger partial charge in [0.05, 0.1) is 11.8 Å². The van der Waals surface area contributed by atoms with E-state index in [0.717, 1.165) is 11.1 Å². The molecule has 9 heteroatoms. The van der Waals surface area contributed by atoms with Gasteiger partial charge in [-0.2, -0.15) is 0 Å². The van der Waals surface area contributed by atoms with Gasteiger partial charge in [-0.1, -0.05) is 0 Å². The summed E-state index contributed by atoms with van der Waals surface area (Å²) in [6.07, 6.45) is 8.81. The molecule has 2 N–H and O–H groups in total. The van der Waals surface area contributed by atoms with Crippen LogP contribution in [-0.2, 0) is 10.0 Å². The van der Waals surface area contributed by atoms with E-state index in [0.29, 0.717) is 43.9 Å². The maximum absolute atomic E-state index is 12.5. The van der Waals surface area contributed by atoms with Crippen LogP contribution in [0.25, 0.3) is 0 Å². The third-order valence-corrected chi connectivity index (χ3v) is 7.93. The highest BCUT2D eigenvalue weighted by molar-refractivity contribution is 7.89. The summed E-state index contributed by atoms with van der Waals surface area (Å²) in [7, 11) is -3.21. The molecule has 1 aromatic rings. The number of urea groups is 1. The van der Waals surface area contributed by atoms with Crippen molar-refractivity contribution in [2.24, 2.45) is 0 Å². The predicted octanol–water partition coefficient (Wildman–Crippen LogP) is 3.00. The van der Waals surface area contributed by atoms with Gasteiger partial charge >= 0.3 is 6.03 Å². The van der Waals surface area contributed by atoms with Gasteiger partial charge in [0, 0.05) is 37.4 Å². The number of piperidine rings is 1. The van der Waals surface area contributed by atoms with E-state index < -0.39 is 15.3 Å². The smallest absolute Gasteiger partial charge is 0.326 e. The number of allylic oxidation sites excluding steroid dienone is 1. The molecule has 31 heavy (non-hydrogen) atoms. The van der Waals surface area contributed by atoms with Gasteiger partial charge in [-0.15, -0.1) is 0 Å². The first-order valence-electron chi connectivity index (χ1n) is 10.5. The van der Waals surface area contributed by atoms with Crippen molar-refractivity contribution < 1.29 is 17.9 Å². The lowest BCUT2D eigenvalue weighted by Gasteiger charge is -2.32. The van der Waals surface area contributed by atoms with E-state index in [4.69, 9.17) is 4.74 Å². The van der Waals surface area contributed by atoms with Gasteiger partial charge in [-0.25, -0.2) is 17.5 Å². The van der Waals surface area contributed by atoms with Crippen LogP contribution in [-0.4, -0.2) is 54.6 Å². The highest BCUT2D eigenvalue weighted by Crippen LogP contribution is 2.26. The summed E-state index contributed by atoms with van der Waals surface area (Å²) in [5.41, 5.74) is 2.80. The number of anilines is 1. The Balaban J connectivity index is 1.28. The lowest BCUT2D eigenvalue weighted by Crippen LogP contribution is -2.44. The standard InChI is InChI=1S/C22H28N4O4S/c1-16(2)31(28,29)26-11-8-21(9-12-26)30-20-5-3-19(4-6-20)24-22(27)25-14-17-7-10-23-13-18(17)15-25/h3-7,10,13-14,16,21,23H,8-9,11-12,15H2,1-2H3,(H,24,27). The molecule has 0 unspecified atom stereocenters. The maximum Gasteiger partial charge on any atom is 0.326 e. The van der Waals surface area contributed by atoms with Gasteiger partial charge in [0.1, 0.15) is 11.9 Å². The number of sulfonamides is 1. The molecular weight excluding hydrogens is 416 g/mol. The molecule has 0 bridgehead atoms. The quantitative estimate of drug-likeness (QED) is 0.729. The first-order valence-corrected chi connectivity index (χ1v) is 12.0. The number of amides is 2. The van der Waals surface area contributed by atoms with E-state index in [2.05, 4.69) is 10.6 Å². The number of fused-ring (bicyclic) bond motifs is 1. The minimum absolute atomic E-state index is 0.0198. The number of rotatable bonds is 5. The highest BCUT2D eigenvalue weighted by Gasteiger charge is 2.31. The molecule has 0 radical (unpaired) electrons. The molecule has 3 aliphatic rings. The van der Waals surface area contributed by atoms with Crippen molar-refractivity contribution in [3.8, 4) is 5.75 Å². The van der Waals surface area contributed by atoms with Crippen molar-refractivity contribution in [1.29, 1.82) is 0 Å². The van der Waals surface area contributed by atoms with E-state index in [-0.39, 0.29) is 12.1 Å². The molecule has 0 saturated carbocycles. The number of nitrogens with one attached hydrogen (secondary N) is 2. The average molecular weight is 445 g/mol. The van der Waals surface area contributed by atoms with Crippen molar-refractivity contribution in [2.45, 2.75) is 38.0 Å². The number of hydrogen-bond acceptors (Lipinski definition) is 5. The molecule has 1 saturated heterocycles. The number of benzene rings is 1. The number of carbonyl (C=O) groups is 1. The summed E-state index contributed by atoms with van der Waals surface area (Å²) in [5.74, 6) is 0.707. The van der Waals surface area contributed by atoms with Crippen LogP contribution in [0.15, 0.2) is 60.1 Å². The van der Waals surface area contributed by atoms with E-state index in [9.17, 15) is 13.2 Å². The number of nitrogens with zero attached hydrogens (tertiary/aromatic N) is 2. The second kappa shape index (κ2) is 8.76. The lowest BCUT2D eigenvalue weighted by molar-refractivity contribution is 0.135. The fraction of sp³-hybridized carbons (Fsp3) is 0.409. The Hall–Kier alpha value is -2.78. The molecule has 0 spiro atoms. The van der Waals surface area contributed by atoms with Crippen molar-refractivity contribution in [3.63, 3.8) is 0 Å². The molecule has 0 aromatic heterocycles. The zero-order chi connectivity index (χ0) is 22.0. The van der Waals surface area contributed by atoms with Crippen molar-refractivity contribution >= 4 is 21.7 Å². The van der Waals surface area contributed by atoms with Gasteiger partial charge in [0.25, 0.3) is 0 Å². The molecule has 1 aromatic carbocycles. The largest absolute Gasteiger partial charge is 0.490 e. The van der Waals surface area contributed by atoms with Crippen molar-refractivity contribution in [3.05, 3.63) is 60.1 Å². The third kappa shape index (κ3) is 4.77. The summed E-state index contributed by atoms with van der Waals surface area (Å²) < 4.78 is 32.1. The minimum Gasteiger partial charge on any atom is -0.490 e. The molecule has 3 aliphatic heterocycles. The van der Waals surface area contributed by atoms with Gasteiger partial charge in [0.2, 0.25) is 10.0 Å². The second-order valence-corrected chi connectivity index (χ2v) is 10.6. The highest BCUT2D eigenvalue weighted by atomic mass is 32.2. The third-order valence-electron chi connectivity index (χ3n) is 5.65. The molecular formula is C22H28N4O4S. The Morgan fingerprint density at radius 3 is 2.55 bits per heavy atom. The van der Waals surface area contributed by atoms with E-state index in [1.807, 2.05) is 48.9 Å². The molecule has 1 fully saturated rings. The summed E-state index contributed by atoms with van der Waals surface area (Å²) in [4.78, 5) is 14.2. The van der Waals surface area contributed by atoms with E-state index >= 15 is 0 Å². The van der Waals surface area contributed by atoms with Crippen LogP contribution in [0.3, 0.4) is 0 Å². The fourth-order valence-corrected chi connectivity index (χ4v) is 5.09. The topological polar surface area (TPSA) is 91.0 Å². The predicted molar refractivity (Wildman–Crippen MR) is 120 cm³/mol. The van der Waals surface area contributed by atoms with Gasteiger partial charge in [-0.05, 0) is 68.2 Å². The summed E-state index contributed by atoms with van der Waals surface area (Å²) >= 11 is 0. The fourth-order valence-electron chi connectivity index (χ4n) is 3.77. The zero-order valence-corrected chi connectivity index (χ0v) is 18.6. The number of carbonyl (C=O) groups excluding carboxylic acids is 1. The van der Waals surface area contributed by atoms with E-state index in [1.54, 1.807) is 23.1 Å². The minimum atomic E-state index is -3.21. The summed E-state index contributed by atoms with van der Waals surface area (Å²) in [6.45, 7) is 4.90. The van der Waals surface area contributed by atoms with Crippen LogP contribution >= 0.6 is 0 Å². The number of dihydropyridines is 1. The maximum atomic E-state index is 12.5. The van der Waals surface area contributed by atoms with Crippen LogP contribution in [0.2, 0.25) is 0 Å². The van der Waals surface area contributed by atoms with E-state index in [1.165, 1.54) is 0 Å². The molecule has 166 valence electrons. The van der Waals surface area contributed by atoms with Gasteiger partial charge < -0.3 is 15.4 Å². The van der Waals surface area contributed by atoms with Gasteiger partial charge in [-0.3, -0.25) is 4.90 Å². The van der Waals surface area contributed by atoms with Crippen LogP contribution in [0.1, 0.15) is 26.7 Å². The van der Waals surface area contributed by atoms with Crippen molar-refractivity contribution in [2.75, 3.05) is 25.0 Å². The molecule has 3 heterocycles. The molecule has 4 rings (SSSR count). The summed E-state index contributed by atoms with van der Waals surface area (Å²) in [6, 6.07) is 7.07. The normalized spacial score (nSPS) is 19.5. The Kier molecular flexibility index (Phi) is 6.06. The van der Waals surface area contributed by atoms with Crippen LogP contribution in [0.4, 0.5) is 10.5 Å². The Morgan fingerprint density at radius 1 is 1.19 bits per heavy atom. The number of hydrogen-bond donors (Lipinski definition) is 2. The van der Waals surface area contributed by atoms with Crippen LogP contribution in [0, 0.1) is 0 Å². The Labute approximate surface area is 183 Å². The van der Waals surface area contributed by atoms with Crippen LogP contribution < -0.4 is 15.4 Å². The van der Waals surface area contributed by atoms with Crippen LogP contribution in [0.5, 0.6) is 5.75 Å². The second-order valence-electron chi connectivity index (χ2n) is 8.15. The Morgan fingerprint density at radius 2 is 1.90 bits per heavy atom.